The summed E-state index contributed by atoms with van der Waals surface area (Å²) < 4.78 is 39.8. The van der Waals surface area contributed by atoms with Crippen molar-refractivity contribution >= 4 is 11.6 Å². The molecule has 7 heteroatoms. The second-order valence-corrected chi connectivity index (χ2v) is 6.92. The van der Waals surface area contributed by atoms with Crippen molar-refractivity contribution in [3.63, 3.8) is 0 Å². The summed E-state index contributed by atoms with van der Waals surface area (Å²) in [6.07, 6.45) is 0.589. The van der Waals surface area contributed by atoms with E-state index in [-0.39, 0.29) is 6.42 Å². The van der Waals surface area contributed by atoms with E-state index in [1.54, 1.807) is 24.5 Å². The zero-order valence-electron chi connectivity index (χ0n) is 14.7. The van der Waals surface area contributed by atoms with Crippen molar-refractivity contribution in [3.8, 4) is 11.1 Å². The van der Waals surface area contributed by atoms with Gasteiger partial charge in [-0.1, -0.05) is 25.0 Å². The van der Waals surface area contributed by atoms with Crippen LogP contribution in [0.25, 0.3) is 11.1 Å². The number of anilines is 1. The fourth-order valence-electron chi connectivity index (χ4n) is 3.71. The summed E-state index contributed by atoms with van der Waals surface area (Å²) >= 11 is 0. The number of rotatable bonds is 4. The van der Waals surface area contributed by atoms with Crippen molar-refractivity contribution in [2.45, 2.75) is 37.9 Å². The average molecular weight is 377 g/mol. The molecule has 1 amide bonds. The summed E-state index contributed by atoms with van der Waals surface area (Å²) in [6.45, 7) is 0. The third-order valence-corrected chi connectivity index (χ3v) is 5.17. The molecule has 3 atom stereocenters. The summed E-state index contributed by atoms with van der Waals surface area (Å²) in [6, 6.07) is 9.63. The van der Waals surface area contributed by atoms with Gasteiger partial charge in [0.25, 0.3) is 0 Å². The Morgan fingerprint density at radius 2 is 1.63 bits per heavy atom. The summed E-state index contributed by atoms with van der Waals surface area (Å²) in [7, 11) is 0. The second kappa shape index (κ2) is 8.08. The van der Waals surface area contributed by atoms with Gasteiger partial charge in [0.15, 0.2) is 0 Å². The lowest BCUT2D eigenvalue weighted by molar-refractivity contribution is -0.198. The Morgan fingerprint density at radius 3 is 2.26 bits per heavy atom. The molecular formula is C20H22F3N3O. The fourth-order valence-corrected chi connectivity index (χ4v) is 3.71. The van der Waals surface area contributed by atoms with E-state index in [1.165, 1.54) is 0 Å². The van der Waals surface area contributed by atoms with Crippen molar-refractivity contribution in [3.05, 3.63) is 48.8 Å². The zero-order chi connectivity index (χ0) is 19.4. The van der Waals surface area contributed by atoms with E-state index in [2.05, 4.69) is 10.3 Å². The number of hydrogen-bond donors (Lipinski definition) is 2. The van der Waals surface area contributed by atoms with Crippen LogP contribution in [-0.4, -0.2) is 23.1 Å². The van der Waals surface area contributed by atoms with Gasteiger partial charge in [0.2, 0.25) is 5.91 Å². The molecule has 0 radical (unpaired) electrons. The van der Waals surface area contributed by atoms with Crippen molar-refractivity contribution in [2.24, 2.45) is 17.6 Å². The molecule has 144 valence electrons. The number of hydrogen-bond acceptors (Lipinski definition) is 3. The maximum atomic E-state index is 13.3. The Labute approximate surface area is 156 Å². The standard InChI is InChI=1S/C20H22F3N3O/c21-20(22,23)17-4-2-1-3-16(17)18(24)19(27)26-15-7-5-13(6-8-15)14-9-11-25-12-10-14/h5-12,16-18H,1-4,24H2,(H,26,27). The Balaban J connectivity index is 1.67. The molecular weight excluding hydrogens is 355 g/mol. The summed E-state index contributed by atoms with van der Waals surface area (Å²) in [4.78, 5) is 16.4. The Kier molecular flexibility index (Phi) is 5.79. The summed E-state index contributed by atoms with van der Waals surface area (Å²) in [5, 5.41) is 2.65. The van der Waals surface area contributed by atoms with Gasteiger partial charge in [0.1, 0.15) is 0 Å². The van der Waals surface area contributed by atoms with Gasteiger partial charge in [-0.25, -0.2) is 0 Å². The van der Waals surface area contributed by atoms with E-state index in [0.717, 1.165) is 11.1 Å². The number of nitrogens with one attached hydrogen (secondary N) is 1. The van der Waals surface area contributed by atoms with Crippen LogP contribution in [0.2, 0.25) is 0 Å². The van der Waals surface area contributed by atoms with Gasteiger partial charge in [-0.15, -0.1) is 0 Å². The van der Waals surface area contributed by atoms with E-state index in [4.69, 9.17) is 5.73 Å². The van der Waals surface area contributed by atoms with Crippen molar-refractivity contribution in [2.75, 3.05) is 5.32 Å². The first kappa shape index (κ1) is 19.4. The van der Waals surface area contributed by atoms with Gasteiger partial charge in [-0.2, -0.15) is 13.2 Å². The van der Waals surface area contributed by atoms with Crippen LogP contribution in [-0.2, 0) is 4.79 Å². The summed E-state index contributed by atoms with van der Waals surface area (Å²) in [5.41, 5.74) is 8.37. The van der Waals surface area contributed by atoms with Crippen molar-refractivity contribution < 1.29 is 18.0 Å². The highest BCUT2D eigenvalue weighted by Crippen LogP contribution is 2.42. The number of benzene rings is 1. The minimum absolute atomic E-state index is 0.0375. The predicted octanol–water partition coefficient (Wildman–Crippen LogP) is 4.38. The molecule has 3 rings (SSSR count). The number of amides is 1. The first-order valence-electron chi connectivity index (χ1n) is 9.00. The molecule has 1 fully saturated rings. The van der Waals surface area contributed by atoms with Crippen LogP contribution < -0.4 is 11.1 Å². The van der Waals surface area contributed by atoms with E-state index in [0.29, 0.717) is 24.9 Å². The molecule has 0 aliphatic heterocycles. The molecule has 1 aliphatic carbocycles. The number of alkyl halides is 3. The number of nitrogens with two attached hydrogens (primary N) is 1. The van der Waals surface area contributed by atoms with E-state index < -0.39 is 30.0 Å². The topological polar surface area (TPSA) is 68.0 Å². The van der Waals surface area contributed by atoms with Crippen LogP contribution >= 0.6 is 0 Å². The van der Waals surface area contributed by atoms with Gasteiger partial charge in [-0.3, -0.25) is 9.78 Å². The summed E-state index contributed by atoms with van der Waals surface area (Å²) in [5.74, 6) is -2.97. The Bertz CT molecular complexity index is 762. The van der Waals surface area contributed by atoms with E-state index in [1.807, 2.05) is 24.3 Å². The number of carbonyl (C=O) groups is 1. The van der Waals surface area contributed by atoms with Crippen LogP contribution in [0.3, 0.4) is 0 Å². The highest BCUT2D eigenvalue weighted by Gasteiger charge is 2.48. The SMILES string of the molecule is NC(C(=O)Nc1ccc(-c2ccncc2)cc1)C1CCCCC1C(F)(F)F. The van der Waals surface area contributed by atoms with Gasteiger partial charge >= 0.3 is 6.18 Å². The first-order chi connectivity index (χ1) is 12.9. The number of pyridine rings is 1. The van der Waals surface area contributed by atoms with Crippen LogP contribution in [0.1, 0.15) is 25.7 Å². The molecule has 1 aliphatic rings. The fraction of sp³-hybridized carbons (Fsp3) is 0.400. The molecule has 0 saturated heterocycles. The van der Waals surface area contributed by atoms with Gasteiger partial charge in [-0.05, 0) is 54.2 Å². The quantitative estimate of drug-likeness (QED) is 0.831. The molecule has 0 spiro atoms. The van der Waals surface area contributed by atoms with E-state index in [9.17, 15) is 18.0 Å². The zero-order valence-corrected chi connectivity index (χ0v) is 14.7. The van der Waals surface area contributed by atoms with Gasteiger partial charge in [0.05, 0.1) is 12.0 Å². The lowest BCUT2D eigenvalue weighted by atomic mass is 9.74. The molecule has 1 aromatic carbocycles. The number of carbonyl (C=O) groups excluding carboxylic acids is 1. The van der Waals surface area contributed by atoms with Gasteiger partial charge < -0.3 is 11.1 Å². The van der Waals surface area contributed by atoms with Crippen molar-refractivity contribution in [1.82, 2.24) is 4.98 Å². The predicted molar refractivity (Wildman–Crippen MR) is 97.8 cm³/mol. The lowest BCUT2D eigenvalue weighted by Gasteiger charge is -2.35. The molecule has 1 saturated carbocycles. The van der Waals surface area contributed by atoms with Crippen LogP contribution in [0, 0.1) is 11.8 Å². The molecule has 27 heavy (non-hydrogen) atoms. The highest BCUT2D eigenvalue weighted by molar-refractivity contribution is 5.95. The molecule has 0 bridgehead atoms. The number of halogens is 3. The van der Waals surface area contributed by atoms with Crippen molar-refractivity contribution in [1.29, 1.82) is 0 Å². The second-order valence-electron chi connectivity index (χ2n) is 6.92. The lowest BCUT2D eigenvalue weighted by Crippen LogP contribution is -2.49. The minimum atomic E-state index is -4.32. The largest absolute Gasteiger partial charge is 0.392 e. The van der Waals surface area contributed by atoms with Crippen LogP contribution in [0.4, 0.5) is 18.9 Å². The molecule has 4 nitrogen and oxygen atoms in total. The molecule has 2 aromatic rings. The minimum Gasteiger partial charge on any atom is -0.325 e. The van der Waals surface area contributed by atoms with Crippen LogP contribution in [0.15, 0.2) is 48.8 Å². The number of nitrogens with zero attached hydrogens (tertiary/aromatic N) is 1. The highest BCUT2D eigenvalue weighted by atomic mass is 19.4. The maximum absolute atomic E-state index is 13.3. The van der Waals surface area contributed by atoms with Gasteiger partial charge in [0, 0.05) is 18.1 Å². The van der Waals surface area contributed by atoms with Crippen LogP contribution in [0.5, 0.6) is 0 Å². The molecule has 3 N–H and O–H groups in total. The average Bonchev–Trinajstić information content (AvgIpc) is 2.68. The maximum Gasteiger partial charge on any atom is 0.392 e. The third kappa shape index (κ3) is 4.66. The first-order valence-corrected chi connectivity index (χ1v) is 9.00. The molecule has 3 unspecified atom stereocenters. The molecule has 1 aromatic heterocycles. The normalized spacial score (nSPS) is 21.5. The number of aromatic nitrogens is 1. The monoisotopic (exact) mass is 377 g/mol. The smallest absolute Gasteiger partial charge is 0.325 e. The Hall–Kier alpha value is -2.41. The van der Waals surface area contributed by atoms with E-state index >= 15 is 0 Å². The third-order valence-electron chi connectivity index (χ3n) is 5.17. The Morgan fingerprint density at radius 1 is 1.04 bits per heavy atom. The molecule has 1 heterocycles.